The summed E-state index contributed by atoms with van der Waals surface area (Å²) >= 11 is 0. The number of hydrogen-bond acceptors (Lipinski definition) is 3. The second kappa shape index (κ2) is 14.1. The van der Waals surface area contributed by atoms with Gasteiger partial charge in [-0.25, -0.2) is 0 Å². The minimum atomic E-state index is 0.0448. The number of hydrogen-bond donors (Lipinski definition) is 0. The third kappa shape index (κ3) is 5.78. The van der Waals surface area contributed by atoms with Crippen molar-refractivity contribution < 1.29 is 0 Å². The Morgan fingerprint density at radius 1 is 0.439 bits per heavy atom. The molecule has 0 saturated heterocycles. The van der Waals surface area contributed by atoms with Crippen LogP contribution in [0.15, 0.2) is 188 Å². The number of pyridine rings is 1. The maximum atomic E-state index is 4.90. The normalized spacial score (nSPS) is 14.5. The van der Waals surface area contributed by atoms with Gasteiger partial charge in [0.2, 0.25) is 0 Å². The molecule has 1 aromatic heterocycles. The number of benzene rings is 7. The lowest BCUT2D eigenvalue weighted by atomic mass is 9.33. The first kappa shape index (κ1) is 33.7. The molecule has 0 amide bonds. The van der Waals surface area contributed by atoms with Crippen molar-refractivity contribution in [2.45, 2.75) is 38.0 Å². The molecular weight excluding hydrogens is 689 g/mol. The van der Waals surface area contributed by atoms with Crippen LogP contribution >= 0.6 is 0 Å². The van der Waals surface area contributed by atoms with Gasteiger partial charge in [-0.2, -0.15) is 0 Å². The molecule has 1 saturated carbocycles. The molecule has 7 aromatic carbocycles. The zero-order chi connectivity index (χ0) is 37.7. The fourth-order valence-corrected chi connectivity index (χ4v) is 9.83. The van der Waals surface area contributed by atoms with E-state index < -0.39 is 0 Å². The Bertz CT molecular complexity index is 2720. The van der Waals surface area contributed by atoms with Crippen LogP contribution in [0.1, 0.15) is 43.6 Å². The predicted molar refractivity (Wildman–Crippen MR) is 240 cm³/mol. The van der Waals surface area contributed by atoms with Crippen LogP contribution in [0.4, 0.5) is 34.1 Å². The third-order valence-electron chi connectivity index (χ3n) is 12.5. The summed E-state index contributed by atoms with van der Waals surface area (Å²) in [4.78, 5) is 10.0. The van der Waals surface area contributed by atoms with Gasteiger partial charge in [-0.3, -0.25) is 4.98 Å². The number of anilines is 6. The highest BCUT2D eigenvalue weighted by Gasteiger charge is 2.44. The van der Waals surface area contributed by atoms with Gasteiger partial charge >= 0.3 is 0 Å². The Morgan fingerprint density at radius 2 is 1.04 bits per heavy atom. The molecule has 8 aromatic rings. The summed E-state index contributed by atoms with van der Waals surface area (Å²) in [6, 6.07) is 67.2. The van der Waals surface area contributed by atoms with Crippen LogP contribution in [-0.4, -0.2) is 11.7 Å². The monoisotopic (exact) mass is 731 g/mol. The lowest BCUT2D eigenvalue weighted by molar-refractivity contribution is 0.444. The number of aromatic nitrogens is 1. The summed E-state index contributed by atoms with van der Waals surface area (Å²) in [5, 5.41) is 0. The van der Waals surface area contributed by atoms with Crippen LogP contribution in [0.5, 0.6) is 0 Å². The van der Waals surface area contributed by atoms with Crippen molar-refractivity contribution in [1.29, 1.82) is 0 Å². The molecule has 0 atom stereocenters. The van der Waals surface area contributed by atoms with Gasteiger partial charge in [0, 0.05) is 40.2 Å². The Balaban J connectivity index is 1.20. The molecule has 0 bridgehead atoms. The molecule has 1 fully saturated rings. The van der Waals surface area contributed by atoms with E-state index in [0.717, 1.165) is 16.9 Å². The molecule has 0 spiro atoms. The van der Waals surface area contributed by atoms with E-state index in [9.17, 15) is 0 Å². The van der Waals surface area contributed by atoms with Crippen molar-refractivity contribution in [2.24, 2.45) is 0 Å². The molecule has 0 unspecified atom stereocenters. The van der Waals surface area contributed by atoms with Crippen LogP contribution in [0.2, 0.25) is 0 Å². The Morgan fingerprint density at radius 3 is 1.77 bits per heavy atom. The Hall–Kier alpha value is -6.65. The average Bonchev–Trinajstić information content (AvgIpc) is 3.30. The first-order chi connectivity index (χ1) is 28.3. The lowest BCUT2D eigenvalue weighted by Crippen LogP contribution is -2.61. The van der Waals surface area contributed by atoms with Crippen LogP contribution in [-0.2, 0) is 0 Å². The maximum Gasteiger partial charge on any atom is 0.252 e. The largest absolute Gasteiger partial charge is 0.311 e. The summed E-state index contributed by atoms with van der Waals surface area (Å²) in [5.74, 6) is 0.521. The zero-order valence-electron chi connectivity index (χ0n) is 31.9. The summed E-state index contributed by atoms with van der Waals surface area (Å²) in [6.45, 7) is 0.0448. The molecular formula is C53H42BN3. The van der Waals surface area contributed by atoms with Crippen molar-refractivity contribution in [2.75, 3.05) is 9.80 Å². The second-order valence-corrected chi connectivity index (χ2v) is 15.8. The van der Waals surface area contributed by atoms with Crippen LogP contribution in [0, 0.1) is 0 Å². The van der Waals surface area contributed by atoms with E-state index in [-0.39, 0.29) is 6.71 Å². The minimum Gasteiger partial charge on any atom is -0.311 e. The highest BCUT2D eigenvalue weighted by Crippen LogP contribution is 2.48. The Labute approximate surface area is 336 Å². The standard InChI is InChI=1S/C53H42BN3/c1-4-16-37(17-5-1)40-27-30-43(31-28-40)56-49-26-13-11-23-45(49)54-46-34-41(38-18-6-2-7-19-38)29-32-50(46)57(48-25-12-10-22-44(48)47-24-14-15-33-55-47)52-36-42(35-51(56)53(52)54)39-20-8-3-9-21-39/h1-2,4-7,10-19,22-36,39H,3,8-9,20-21H2. The molecule has 0 radical (unpaired) electrons. The van der Waals surface area contributed by atoms with Crippen molar-refractivity contribution >= 4 is 57.2 Å². The van der Waals surface area contributed by atoms with E-state index in [1.165, 1.54) is 105 Å². The highest BCUT2D eigenvalue weighted by molar-refractivity contribution is 7.00. The summed E-state index contributed by atoms with van der Waals surface area (Å²) < 4.78 is 0. The summed E-state index contributed by atoms with van der Waals surface area (Å²) in [7, 11) is 0. The van der Waals surface area contributed by atoms with Crippen LogP contribution in [0.25, 0.3) is 33.5 Å². The quantitative estimate of drug-likeness (QED) is 0.159. The van der Waals surface area contributed by atoms with E-state index in [0.29, 0.717) is 5.92 Å². The van der Waals surface area contributed by atoms with E-state index in [1.807, 2.05) is 12.3 Å². The van der Waals surface area contributed by atoms with Gasteiger partial charge in [-0.05, 0) is 118 Å². The molecule has 3 nitrogen and oxygen atoms in total. The zero-order valence-corrected chi connectivity index (χ0v) is 31.9. The van der Waals surface area contributed by atoms with E-state index in [1.54, 1.807) is 0 Å². The van der Waals surface area contributed by atoms with Gasteiger partial charge in [0.15, 0.2) is 0 Å². The molecule has 0 N–H and O–H groups in total. The van der Waals surface area contributed by atoms with Crippen molar-refractivity contribution in [3.05, 3.63) is 194 Å². The number of nitrogens with zero attached hydrogens (tertiary/aromatic N) is 3. The fraction of sp³-hybridized carbons (Fsp3) is 0.113. The van der Waals surface area contributed by atoms with Gasteiger partial charge in [0.25, 0.3) is 6.71 Å². The van der Waals surface area contributed by atoms with Crippen molar-refractivity contribution in [3.8, 4) is 33.5 Å². The van der Waals surface area contributed by atoms with E-state index >= 15 is 0 Å². The maximum absolute atomic E-state index is 4.90. The highest BCUT2D eigenvalue weighted by atomic mass is 15.2. The van der Waals surface area contributed by atoms with E-state index in [2.05, 4.69) is 186 Å². The predicted octanol–water partition coefficient (Wildman–Crippen LogP) is 12.2. The van der Waals surface area contributed by atoms with Crippen LogP contribution in [0.3, 0.4) is 0 Å². The molecule has 2 aliphatic heterocycles. The number of para-hydroxylation sites is 2. The van der Waals surface area contributed by atoms with Crippen molar-refractivity contribution in [3.63, 3.8) is 0 Å². The first-order valence-corrected chi connectivity index (χ1v) is 20.5. The molecule has 11 rings (SSSR count). The molecule has 4 heteroatoms. The van der Waals surface area contributed by atoms with E-state index in [4.69, 9.17) is 4.98 Å². The fourth-order valence-electron chi connectivity index (χ4n) is 9.83. The second-order valence-electron chi connectivity index (χ2n) is 15.8. The van der Waals surface area contributed by atoms with Crippen LogP contribution < -0.4 is 26.2 Å². The van der Waals surface area contributed by atoms with Gasteiger partial charge < -0.3 is 9.80 Å². The molecule has 57 heavy (non-hydrogen) atoms. The number of fused-ring (bicyclic) bond motifs is 4. The molecule has 3 aliphatic rings. The smallest absolute Gasteiger partial charge is 0.252 e. The topological polar surface area (TPSA) is 19.4 Å². The minimum absolute atomic E-state index is 0.0448. The summed E-state index contributed by atoms with van der Waals surface area (Å²) in [5.41, 5.74) is 19.8. The van der Waals surface area contributed by atoms with Gasteiger partial charge in [0.05, 0.1) is 11.4 Å². The molecule has 272 valence electrons. The van der Waals surface area contributed by atoms with Gasteiger partial charge in [0.1, 0.15) is 0 Å². The molecule has 1 aliphatic carbocycles. The van der Waals surface area contributed by atoms with Crippen molar-refractivity contribution in [1.82, 2.24) is 4.98 Å². The molecule has 3 heterocycles. The third-order valence-corrected chi connectivity index (χ3v) is 12.5. The number of rotatable bonds is 6. The lowest BCUT2D eigenvalue weighted by Gasteiger charge is -2.45. The SMILES string of the molecule is c1ccc(-c2ccc(N3c4ccccc4B4c5cc(-c6ccccc6)ccc5N(c5ccccc5-c5ccccn5)c5cc(C6CCCCC6)cc3c54)cc2)cc1. The first-order valence-electron chi connectivity index (χ1n) is 20.5. The summed E-state index contributed by atoms with van der Waals surface area (Å²) in [6.07, 6.45) is 8.25. The average molecular weight is 732 g/mol. The van der Waals surface area contributed by atoms with Gasteiger partial charge in [-0.1, -0.05) is 147 Å². The van der Waals surface area contributed by atoms with Gasteiger partial charge in [-0.15, -0.1) is 0 Å². The Kier molecular flexibility index (Phi) is 8.35.